The van der Waals surface area contributed by atoms with Crippen LogP contribution in [0.25, 0.3) is 10.2 Å². The molecule has 2 aromatic rings. The van der Waals surface area contributed by atoms with Crippen molar-refractivity contribution in [1.29, 1.82) is 0 Å². The lowest BCUT2D eigenvalue weighted by Crippen LogP contribution is -2.47. The molecule has 4 rings (SSSR count). The molecular formula is C18H23N3OS. The third kappa shape index (κ3) is 2.88. The van der Waals surface area contributed by atoms with Crippen molar-refractivity contribution in [3.63, 3.8) is 0 Å². The van der Waals surface area contributed by atoms with Gasteiger partial charge in [-0.25, -0.2) is 4.98 Å². The summed E-state index contributed by atoms with van der Waals surface area (Å²) in [6, 6.07) is 9.27. The maximum Gasteiger partial charge on any atom is 0.219 e. The molecule has 122 valence electrons. The molecule has 1 aromatic carbocycles. The summed E-state index contributed by atoms with van der Waals surface area (Å²) in [6.07, 6.45) is 4.74. The van der Waals surface area contributed by atoms with Crippen LogP contribution >= 0.6 is 11.3 Å². The molecule has 23 heavy (non-hydrogen) atoms. The second-order valence-corrected chi connectivity index (χ2v) is 7.79. The number of thiazole rings is 1. The van der Waals surface area contributed by atoms with Crippen molar-refractivity contribution in [2.75, 3.05) is 13.1 Å². The number of carbonyl (C=O) groups is 1. The number of para-hydroxylation sites is 1. The molecule has 3 heterocycles. The summed E-state index contributed by atoms with van der Waals surface area (Å²) in [5.74, 6) is 0.235. The van der Waals surface area contributed by atoms with Crippen LogP contribution in [0.2, 0.25) is 0 Å². The molecule has 0 bridgehead atoms. The van der Waals surface area contributed by atoms with Crippen molar-refractivity contribution < 1.29 is 4.79 Å². The van der Waals surface area contributed by atoms with Gasteiger partial charge < -0.3 is 4.90 Å². The summed E-state index contributed by atoms with van der Waals surface area (Å²) in [7, 11) is 0. The van der Waals surface area contributed by atoms with Gasteiger partial charge in [0.1, 0.15) is 5.01 Å². The van der Waals surface area contributed by atoms with Crippen molar-refractivity contribution in [1.82, 2.24) is 14.8 Å². The van der Waals surface area contributed by atoms with Crippen molar-refractivity contribution in [2.45, 2.75) is 51.2 Å². The summed E-state index contributed by atoms with van der Waals surface area (Å²) < 4.78 is 1.27. The van der Waals surface area contributed by atoms with Gasteiger partial charge in [-0.2, -0.15) is 0 Å². The van der Waals surface area contributed by atoms with Gasteiger partial charge in [-0.3, -0.25) is 9.69 Å². The number of hydrogen-bond donors (Lipinski definition) is 0. The fourth-order valence-electron chi connectivity index (χ4n) is 4.23. The van der Waals surface area contributed by atoms with Crippen molar-refractivity contribution in [2.24, 2.45) is 0 Å². The van der Waals surface area contributed by atoms with Crippen molar-refractivity contribution >= 4 is 27.5 Å². The number of rotatable bonds is 3. The fraction of sp³-hybridized carbons (Fsp3) is 0.556. The summed E-state index contributed by atoms with van der Waals surface area (Å²) in [4.78, 5) is 21.3. The summed E-state index contributed by atoms with van der Waals surface area (Å²) in [5, 5.41) is 1.20. The van der Waals surface area contributed by atoms with Crippen molar-refractivity contribution in [3.05, 3.63) is 29.3 Å². The number of fused-ring (bicyclic) bond motifs is 1. The monoisotopic (exact) mass is 329 g/mol. The molecule has 0 unspecified atom stereocenters. The SMILES string of the molecule is CC(=O)N1CCC[C@H]1[C@@H]1CCCN1Cc1nc2ccccc2s1. The number of aromatic nitrogens is 1. The van der Waals surface area contributed by atoms with Crippen LogP contribution < -0.4 is 0 Å². The molecule has 0 N–H and O–H groups in total. The van der Waals surface area contributed by atoms with E-state index in [0.29, 0.717) is 12.1 Å². The van der Waals surface area contributed by atoms with E-state index in [9.17, 15) is 4.79 Å². The molecule has 1 aromatic heterocycles. The van der Waals surface area contributed by atoms with Gasteiger partial charge in [0, 0.05) is 25.6 Å². The topological polar surface area (TPSA) is 36.4 Å². The lowest BCUT2D eigenvalue weighted by Gasteiger charge is -2.34. The van der Waals surface area contributed by atoms with E-state index in [4.69, 9.17) is 4.98 Å². The lowest BCUT2D eigenvalue weighted by molar-refractivity contribution is -0.130. The smallest absolute Gasteiger partial charge is 0.219 e. The quantitative estimate of drug-likeness (QED) is 0.867. The maximum absolute atomic E-state index is 11.9. The van der Waals surface area contributed by atoms with Gasteiger partial charge in [0.15, 0.2) is 0 Å². The minimum absolute atomic E-state index is 0.235. The van der Waals surface area contributed by atoms with Crippen LogP contribution in [0.4, 0.5) is 0 Å². The van der Waals surface area contributed by atoms with Crippen LogP contribution in [0.15, 0.2) is 24.3 Å². The van der Waals surface area contributed by atoms with Gasteiger partial charge in [-0.1, -0.05) is 12.1 Å². The van der Waals surface area contributed by atoms with Crippen molar-refractivity contribution in [3.8, 4) is 0 Å². The van der Waals surface area contributed by atoms with E-state index >= 15 is 0 Å². The average Bonchev–Trinajstić information content (AvgIpc) is 3.25. The Labute approximate surface area is 141 Å². The largest absolute Gasteiger partial charge is 0.338 e. The van der Waals surface area contributed by atoms with Gasteiger partial charge in [0.05, 0.1) is 16.8 Å². The Morgan fingerprint density at radius 3 is 2.83 bits per heavy atom. The number of likely N-dealkylation sites (tertiary alicyclic amines) is 2. The molecule has 0 aliphatic carbocycles. The fourth-order valence-corrected chi connectivity index (χ4v) is 5.22. The Balaban J connectivity index is 1.52. The second-order valence-electron chi connectivity index (χ2n) is 6.68. The second kappa shape index (κ2) is 6.21. The van der Waals surface area contributed by atoms with Crippen LogP contribution in [0.5, 0.6) is 0 Å². The van der Waals surface area contributed by atoms with E-state index in [1.54, 1.807) is 18.3 Å². The number of benzene rings is 1. The van der Waals surface area contributed by atoms with E-state index in [1.165, 1.54) is 22.5 Å². The van der Waals surface area contributed by atoms with Crippen LogP contribution in [0, 0.1) is 0 Å². The van der Waals surface area contributed by atoms with Gasteiger partial charge in [-0.05, 0) is 44.4 Å². The Bertz CT molecular complexity index is 680. The predicted molar refractivity (Wildman–Crippen MR) is 93.5 cm³/mol. The summed E-state index contributed by atoms with van der Waals surface area (Å²) in [5.41, 5.74) is 1.11. The molecule has 0 radical (unpaired) electrons. The minimum atomic E-state index is 0.235. The molecule has 0 spiro atoms. The highest BCUT2D eigenvalue weighted by Gasteiger charge is 2.38. The zero-order valence-electron chi connectivity index (χ0n) is 13.6. The van der Waals surface area contributed by atoms with Crippen LogP contribution in [0.3, 0.4) is 0 Å². The molecule has 4 nitrogen and oxygen atoms in total. The maximum atomic E-state index is 11.9. The first kappa shape index (κ1) is 15.1. The Kier molecular flexibility index (Phi) is 4.07. The molecule has 2 saturated heterocycles. The Hall–Kier alpha value is -1.46. The molecule has 2 aliphatic heterocycles. The Morgan fingerprint density at radius 1 is 1.22 bits per heavy atom. The Morgan fingerprint density at radius 2 is 2.00 bits per heavy atom. The van der Waals surface area contributed by atoms with Gasteiger partial charge in [0.2, 0.25) is 5.91 Å². The zero-order valence-corrected chi connectivity index (χ0v) is 14.4. The first-order valence-corrected chi connectivity index (χ1v) is 9.40. The number of amides is 1. The van der Waals surface area contributed by atoms with Crippen LogP contribution in [-0.2, 0) is 11.3 Å². The normalized spacial score (nSPS) is 25.5. The molecule has 1 amide bonds. The highest BCUT2D eigenvalue weighted by atomic mass is 32.1. The van der Waals surface area contributed by atoms with Gasteiger partial charge >= 0.3 is 0 Å². The van der Waals surface area contributed by atoms with Crippen LogP contribution in [0.1, 0.15) is 37.6 Å². The first-order chi connectivity index (χ1) is 11.2. The number of carbonyl (C=O) groups excluding carboxylic acids is 1. The van der Waals surface area contributed by atoms with Gasteiger partial charge in [0.25, 0.3) is 0 Å². The molecule has 0 saturated carbocycles. The molecular weight excluding hydrogens is 306 g/mol. The average molecular weight is 329 g/mol. The standard InChI is InChI=1S/C18H23N3OS/c1-13(22)21-11-5-8-16(21)15-7-4-10-20(15)12-18-19-14-6-2-3-9-17(14)23-18/h2-3,6,9,15-16H,4-5,7-8,10-12H2,1H3/t15-,16-/m0/s1. The van der Waals surface area contributed by atoms with E-state index in [2.05, 4.69) is 28.0 Å². The number of nitrogens with zero attached hydrogens (tertiary/aromatic N) is 3. The number of hydrogen-bond acceptors (Lipinski definition) is 4. The van der Waals surface area contributed by atoms with E-state index in [0.717, 1.165) is 38.0 Å². The molecule has 2 fully saturated rings. The van der Waals surface area contributed by atoms with Gasteiger partial charge in [-0.15, -0.1) is 11.3 Å². The van der Waals surface area contributed by atoms with E-state index in [1.807, 2.05) is 6.07 Å². The summed E-state index contributed by atoms with van der Waals surface area (Å²) in [6.45, 7) is 4.70. The molecule has 2 atom stereocenters. The minimum Gasteiger partial charge on any atom is -0.338 e. The van der Waals surface area contributed by atoms with E-state index < -0.39 is 0 Å². The highest BCUT2D eigenvalue weighted by Crippen LogP contribution is 2.32. The predicted octanol–water partition coefficient (Wildman–Crippen LogP) is 3.27. The molecule has 5 heteroatoms. The van der Waals surface area contributed by atoms with E-state index in [-0.39, 0.29) is 5.91 Å². The highest BCUT2D eigenvalue weighted by molar-refractivity contribution is 7.18. The molecule has 2 aliphatic rings. The third-order valence-electron chi connectivity index (χ3n) is 5.24. The van der Waals surface area contributed by atoms with Crippen LogP contribution in [-0.4, -0.2) is 45.9 Å². The first-order valence-electron chi connectivity index (χ1n) is 8.58. The third-order valence-corrected chi connectivity index (χ3v) is 6.26. The lowest BCUT2D eigenvalue weighted by atomic mass is 10.0. The zero-order chi connectivity index (χ0) is 15.8. The summed E-state index contributed by atoms with van der Waals surface area (Å²) >= 11 is 1.80.